The van der Waals surface area contributed by atoms with Gasteiger partial charge in [-0.1, -0.05) is 0 Å². The van der Waals surface area contributed by atoms with E-state index >= 15 is 0 Å². The lowest BCUT2D eigenvalue weighted by Gasteiger charge is -2.35. The van der Waals surface area contributed by atoms with E-state index in [-0.39, 0.29) is 24.2 Å². The number of hydrazone groups is 1. The van der Waals surface area contributed by atoms with Crippen molar-refractivity contribution in [2.75, 3.05) is 24.8 Å². The van der Waals surface area contributed by atoms with Crippen LogP contribution in [0.25, 0.3) is 0 Å². The Labute approximate surface area is 150 Å². The molecule has 4 rings (SSSR count). The largest absolute Gasteiger partial charge is 0.377 e. The molecule has 1 aromatic rings. The Morgan fingerprint density at radius 3 is 2.62 bits per heavy atom. The van der Waals surface area contributed by atoms with E-state index in [9.17, 15) is 14.0 Å². The number of hydrogen-bond acceptors (Lipinski definition) is 5. The number of benzene rings is 1. The van der Waals surface area contributed by atoms with Gasteiger partial charge in [0.25, 0.3) is 5.91 Å². The minimum Gasteiger partial charge on any atom is -0.377 e. The van der Waals surface area contributed by atoms with E-state index in [2.05, 4.69) is 5.10 Å². The zero-order valence-corrected chi connectivity index (χ0v) is 14.3. The summed E-state index contributed by atoms with van der Waals surface area (Å²) >= 11 is 0. The molecule has 7 nitrogen and oxygen atoms in total. The summed E-state index contributed by atoms with van der Waals surface area (Å²) in [6.45, 7) is 1.57. The Balaban J connectivity index is 1.58. The Morgan fingerprint density at radius 1 is 1.23 bits per heavy atom. The minimum absolute atomic E-state index is 0.0749. The number of nitrogens with two attached hydrogens (primary N) is 1. The van der Waals surface area contributed by atoms with Crippen molar-refractivity contribution in [2.24, 2.45) is 16.8 Å². The third kappa shape index (κ3) is 3.16. The molecule has 0 unspecified atom stereocenters. The zero-order chi connectivity index (χ0) is 18.3. The smallest absolute Gasteiger partial charge is 0.270 e. The Morgan fingerprint density at radius 2 is 1.96 bits per heavy atom. The fourth-order valence-corrected chi connectivity index (χ4v) is 3.61. The van der Waals surface area contributed by atoms with Crippen molar-refractivity contribution >= 4 is 23.2 Å². The summed E-state index contributed by atoms with van der Waals surface area (Å²) in [6, 6.07) is 4.93. The highest BCUT2D eigenvalue weighted by atomic mass is 19.1. The summed E-state index contributed by atoms with van der Waals surface area (Å²) in [5, 5.41) is 5.79. The molecule has 8 heteroatoms. The molecule has 2 atom stereocenters. The molecule has 2 fully saturated rings. The van der Waals surface area contributed by atoms with Gasteiger partial charge in [0.2, 0.25) is 5.91 Å². The number of morpholine rings is 1. The normalized spacial score (nSPS) is 26.0. The fourth-order valence-electron chi connectivity index (χ4n) is 3.61. The molecule has 1 aliphatic carbocycles. The monoisotopic (exact) mass is 360 g/mol. The second kappa shape index (κ2) is 6.68. The highest BCUT2D eigenvalue weighted by Gasteiger charge is 2.43. The van der Waals surface area contributed by atoms with Crippen LogP contribution in [-0.2, 0) is 14.3 Å². The molecule has 2 aliphatic heterocycles. The third-order valence-electron chi connectivity index (χ3n) is 5.17. The van der Waals surface area contributed by atoms with Crippen molar-refractivity contribution in [1.29, 1.82) is 0 Å². The number of carbonyl (C=O) groups excluding carboxylic acids is 2. The van der Waals surface area contributed by atoms with Crippen molar-refractivity contribution in [3.05, 3.63) is 30.1 Å². The second-order valence-electron chi connectivity index (χ2n) is 6.97. The number of rotatable bonds is 4. The van der Waals surface area contributed by atoms with Gasteiger partial charge in [0.1, 0.15) is 17.6 Å². The maximum Gasteiger partial charge on any atom is 0.270 e. The van der Waals surface area contributed by atoms with Gasteiger partial charge in [-0.05, 0) is 43.0 Å². The van der Waals surface area contributed by atoms with Crippen LogP contribution in [0.2, 0.25) is 0 Å². The molecule has 26 heavy (non-hydrogen) atoms. The molecule has 1 saturated carbocycles. The van der Waals surface area contributed by atoms with E-state index in [1.807, 2.05) is 4.90 Å². The third-order valence-corrected chi connectivity index (χ3v) is 5.17. The fraction of sp³-hybridized carbons (Fsp3) is 0.500. The number of ether oxygens (including phenoxy) is 1. The summed E-state index contributed by atoms with van der Waals surface area (Å²) in [6.07, 6.45) is 2.37. The van der Waals surface area contributed by atoms with Crippen molar-refractivity contribution in [1.82, 2.24) is 4.90 Å². The first-order valence-corrected chi connectivity index (χ1v) is 8.85. The lowest BCUT2D eigenvalue weighted by molar-refractivity contribution is -0.133. The average Bonchev–Trinajstić information content (AvgIpc) is 3.39. The van der Waals surface area contributed by atoms with E-state index in [4.69, 9.17) is 10.5 Å². The summed E-state index contributed by atoms with van der Waals surface area (Å²) in [5.41, 5.74) is 6.35. The summed E-state index contributed by atoms with van der Waals surface area (Å²) in [7, 11) is 0. The van der Waals surface area contributed by atoms with E-state index in [1.165, 1.54) is 29.3 Å². The van der Waals surface area contributed by atoms with Crippen molar-refractivity contribution in [3.8, 4) is 0 Å². The molecule has 0 radical (unpaired) electrons. The molecule has 2 heterocycles. The molecule has 0 aromatic heterocycles. The van der Waals surface area contributed by atoms with Gasteiger partial charge in [-0.15, -0.1) is 0 Å². The van der Waals surface area contributed by atoms with Crippen LogP contribution >= 0.6 is 0 Å². The van der Waals surface area contributed by atoms with Gasteiger partial charge < -0.3 is 15.4 Å². The van der Waals surface area contributed by atoms with Crippen LogP contribution in [0.3, 0.4) is 0 Å². The molecule has 138 valence electrons. The van der Waals surface area contributed by atoms with E-state index < -0.39 is 11.9 Å². The van der Waals surface area contributed by atoms with Gasteiger partial charge in [-0.3, -0.25) is 14.6 Å². The predicted molar refractivity (Wildman–Crippen MR) is 93.0 cm³/mol. The topological polar surface area (TPSA) is 88.2 Å². The predicted octanol–water partition coefficient (Wildman–Crippen LogP) is 0.883. The molecule has 3 aliphatic rings. The van der Waals surface area contributed by atoms with E-state index in [0.29, 0.717) is 37.1 Å². The second-order valence-corrected chi connectivity index (χ2v) is 6.97. The number of halogens is 1. The quantitative estimate of drug-likeness (QED) is 0.863. The number of anilines is 1. The van der Waals surface area contributed by atoms with Crippen LogP contribution in [0.4, 0.5) is 10.1 Å². The SMILES string of the molecule is NC(=O)[C@@H]1CC(C(=O)N2CCOC[C@H]2C2CC2)=NN1c1ccc(F)cc1. The number of hydrogen-bond donors (Lipinski definition) is 1. The molecule has 0 bridgehead atoms. The van der Waals surface area contributed by atoms with Crippen LogP contribution in [0.1, 0.15) is 19.3 Å². The molecule has 2 N–H and O–H groups in total. The summed E-state index contributed by atoms with van der Waals surface area (Å²) in [5.74, 6) is -0.631. The number of amides is 2. The number of nitrogens with zero attached hydrogens (tertiary/aromatic N) is 3. The lowest BCUT2D eigenvalue weighted by atomic mass is 10.1. The first-order valence-electron chi connectivity index (χ1n) is 8.85. The summed E-state index contributed by atoms with van der Waals surface area (Å²) in [4.78, 5) is 26.7. The van der Waals surface area contributed by atoms with Gasteiger partial charge in [0.05, 0.1) is 24.9 Å². The standard InChI is InChI=1S/C18H21FN4O3/c19-12-3-5-13(6-4-12)23-15(17(20)24)9-14(21-23)18(25)22-7-8-26-10-16(22)11-1-2-11/h3-6,11,15-16H,1-2,7-10H2,(H2,20,24)/t15-,16-/m0/s1. The van der Waals surface area contributed by atoms with Crippen LogP contribution in [-0.4, -0.2) is 54.3 Å². The molecule has 1 aromatic carbocycles. The molecule has 1 saturated heterocycles. The highest BCUT2D eigenvalue weighted by Crippen LogP contribution is 2.37. The first-order chi connectivity index (χ1) is 12.5. The van der Waals surface area contributed by atoms with E-state index in [1.54, 1.807) is 0 Å². The van der Waals surface area contributed by atoms with Gasteiger partial charge in [-0.25, -0.2) is 4.39 Å². The van der Waals surface area contributed by atoms with Gasteiger partial charge >= 0.3 is 0 Å². The van der Waals surface area contributed by atoms with Crippen molar-refractivity contribution in [3.63, 3.8) is 0 Å². The van der Waals surface area contributed by atoms with Crippen LogP contribution in [0, 0.1) is 11.7 Å². The van der Waals surface area contributed by atoms with Gasteiger partial charge in [-0.2, -0.15) is 5.10 Å². The van der Waals surface area contributed by atoms with Crippen molar-refractivity contribution in [2.45, 2.75) is 31.3 Å². The average molecular weight is 360 g/mol. The maximum absolute atomic E-state index is 13.2. The van der Waals surface area contributed by atoms with Crippen LogP contribution < -0.4 is 10.7 Å². The maximum atomic E-state index is 13.2. The highest BCUT2D eigenvalue weighted by molar-refractivity contribution is 6.40. The Hall–Kier alpha value is -2.48. The number of primary amides is 1. The van der Waals surface area contributed by atoms with Crippen LogP contribution in [0.5, 0.6) is 0 Å². The molecule has 2 amide bonds. The number of carbonyl (C=O) groups is 2. The van der Waals surface area contributed by atoms with Crippen LogP contribution in [0.15, 0.2) is 29.4 Å². The zero-order valence-electron chi connectivity index (χ0n) is 14.3. The van der Waals surface area contributed by atoms with Gasteiger partial charge in [0, 0.05) is 13.0 Å². The molecular formula is C18H21FN4O3. The Kier molecular flexibility index (Phi) is 4.36. The lowest BCUT2D eigenvalue weighted by Crippen LogP contribution is -2.52. The van der Waals surface area contributed by atoms with Gasteiger partial charge in [0.15, 0.2) is 0 Å². The molecular weight excluding hydrogens is 339 g/mol. The molecule has 0 spiro atoms. The summed E-state index contributed by atoms with van der Waals surface area (Å²) < 4.78 is 18.7. The van der Waals surface area contributed by atoms with Crippen molar-refractivity contribution < 1.29 is 18.7 Å². The minimum atomic E-state index is -0.750. The van der Waals surface area contributed by atoms with E-state index in [0.717, 1.165) is 12.8 Å². The Bertz CT molecular complexity index is 747. The first kappa shape index (κ1) is 17.0.